The Hall–Kier alpha value is -0.830. The molecule has 1 aliphatic rings. The van der Waals surface area contributed by atoms with Gasteiger partial charge in [-0.05, 0) is 18.3 Å². The summed E-state index contributed by atoms with van der Waals surface area (Å²) in [5.74, 6) is -0.876. The van der Waals surface area contributed by atoms with Gasteiger partial charge in [0.05, 0.1) is 0 Å². The number of nitrogens with one attached hydrogen (secondary N) is 1. The number of carbonyl (C=O) groups is 1. The highest BCUT2D eigenvalue weighted by atomic mass is 16.4. The van der Waals surface area contributed by atoms with E-state index in [0.29, 0.717) is 12.0 Å². The Balaban J connectivity index is 2.11. The topological polar surface area (TPSA) is 49.3 Å². The van der Waals surface area contributed by atoms with E-state index in [1.165, 1.54) is 31.8 Å². The van der Waals surface area contributed by atoms with E-state index in [4.69, 9.17) is 5.11 Å². The van der Waals surface area contributed by atoms with Crippen molar-refractivity contribution in [2.75, 3.05) is 13.1 Å². The summed E-state index contributed by atoms with van der Waals surface area (Å²) >= 11 is 0. The maximum Gasteiger partial charge on any atom is 0.328 e. The van der Waals surface area contributed by atoms with Gasteiger partial charge in [0.1, 0.15) is 0 Å². The number of carboxylic acids is 1. The molecule has 0 radical (unpaired) electrons. The Bertz CT molecular complexity index is 217. The Morgan fingerprint density at radius 3 is 2.71 bits per heavy atom. The predicted octanol–water partition coefficient (Wildman–Crippen LogP) is 1.80. The molecule has 0 saturated heterocycles. The van der Waals surface area contributed by atoms with Gasteiger partial charge in [-0.15, -0.1) is 0 Å². The molecule has 0 heterocycles. The second kappa shape index (κ2) is 5.15. The molecule has 2 N–H and O–H groups in total. The van der Waals surface area contributed by atoms with E-state index in [9.17, 15) is 4.79 Å². The van der Waals surface area contributed by atoms with Crippen LogP contribution >= 0.6 is 0 Å². The summed E-state index contributed by atoms with van der Waals surface area (Å²) in [7, 11) is 0. The molecule has 0 bridgehead atoms. The molecule has 80 valence electrons. The van der Waals surface area contributed by atoms with Gasteiger partial charge in [-0.1, -0.05) is 25.8 Å². The number of aliphatic carboxylic acids is 1. The van der Waals surface area contributed by atoms with E-state index < -0.39 is 5.97 Å². The average molecular weight is 197 g/mol. The van der Waals surface area contributed by atoms with Crippen LogP contribution in [0, 0.1) is 5.41 Å². The molecule has 0 spiro atoms. The summed E-state index contributed by atoms with van der Waals surface area (Å²) in [5.41, 5.74) is 0.442. The molecule has 0 aromatic heterocycles. The lowest BCUT2D eigenvalue weighted by Gasteiger charge is -2.23. The minimum atomic E-state index is -0.876. The van der Waals surface area contributed by atoms with Crippen LogP contribution in [0.4, 0.5) is 0 Å². The van der Waals surface area contributed by atoms with Crippen LogP contribution < -0.4 is 5.32 Å². The van der Waals surface area contributed by atoms with Gasteiger partial charge in [0.25, 0.3) is 0 Å². The fourth-order valence-electron chi connectivity index (χ4n) is 2.02. The van der Waals surface area contributed by atoms with Gasteiger partial charge in [0.2, 0.25) is 0 Å². The molecule has 3 heteroatoms. The molecule has 0 aromatic rings. The summed E-state index contributed by atoms with van der Waals surface area (Å²) in [5, 5.41) is 11.6. The lowest BCUT2D eigenvalue weighted by molar-refractivity contribution is -0.131. The van der Waals surface area contributed by atoms with E-state index in [2.05, 4.69) is 12.2 Å². The van der Waals surface area contributed by atoms with Crippen LogP contribution in [0.5, 0.6) is 0 Å². The molecule has 14 heavy (non-hydrogen) atoms. The van der Waals surface area contributed by atoms with Crippen molar-refractivity contribution < 1.29 is 9.90 Å². The number of hydrogen-bond acceptors (Lipinski definition) is 2. The lowest BCUT2D eigenvalue weighted by Crippen LogP contribution is -2.29. The van der Waals surface area contributed by atoms with Crippen LogP contribution in [0.25, 0.3) is 0 Å². The SMILES string of the molecule is CC1(CNC/C=C/C(=O)O)CCCC1. The standard InChI is InChI=1S/C11H19NO2/c1-11(6-2-3-7-11)9-12-8-4-5-10(13)14/h4-5,12H,2-3,6-9H2,1H3,(H,13,14)/b5-4+. The van der Waals surface area contributed by atoms with Crippen molar-refractivity contribution in [1.82, 2.24) is 5.32 Å². The highest BCUT2D eigenvalue weighted by molar-refractivity contribution is 5.79. The van der Waals surface area contributed by atoms with Gasteiger partial charge in [-0.2, -0.15) is 0 Å². The molecule has 1 fully saturated rings. The van der Waals surface area contributed by atoms with Gasteiger partial charge < -0.3 is 10.4 Å². The minimum Gasteiger partial charge on any atom is -0.478 e. The number of hydrogen-bond donors (Lipinski definition) is 2. The normalized spacial score (nSPS) is 20.4. The zero-order chi connectivity index (χ0) is 10.4. The van der Waals surface area contributed by atoms with E-state index in [-0.39, 0.29) is 0 Å². The van der Waals surface area contributed by atoms with E-state index >= 15 is 0 Å². The molecule has 0 aromatic carbocycles. The maximum atomic E-state index is 10.2. The predicted molar refractivity (Wildman–Crippen MR) is 56.2 cm³/mol. The highest BCUT2D eigenvalue weighted by Crippen LogP contribution is 2.36. The molecular formula is C11H19NO2. The smallest absolute Gasteiger partial charge is 0.328 e. The second-order valence-electron chi connectivity index (χ2n) is 4.39. The van der Waals surface area contributed by atoms with Crippen molar-refractivity contribution >= 4 is 5.97 Å². The lowest BCUT2D eigenvalue weighted by atomic mass is 9.89. The highest BCUT2D eigenvalue weighted by Gasteiger charge is 2.27. The van der Waals surface area contributed by atoms with Crippen LogP contribution in [0.15, 0.2) is 12.2 Å². The van der Waals surface area contributed by atoms with E-state index in [1.54, 1.807) is 6.08 Å². The molecule has 1 aliphatic carbocycles. The summed E-state index contributed by atoms with van der Waals surface area (Å²) in [6.07, 6.45) is 8.10. The molecule has 3 nitrogen and oxygen atoms in total. The van der Waals surface area contributed by atoms with Crippen molar-refractivity contribution in [3.63, 3.8) is 0 Å². The van der Waals surface area contributed by atoms with Crippen LogP contribution in [0.3, 0.4) is 0 Å². The van der Waals surface area contributed by atoms with Crippen molar-refractivity contribution in [2.24, 2.45) is 5.41 Å². The molecule has 1 rings (SSSR count). The Morgan fingerprint density at radius 2 is 2.14 bits per heavy atom. The monoisotopic (exact) mass is 197 g/mol. The van der Waals surface area contributed by atoms with E-state index in [1.807, 2.05) is 0 Å². The van der Waals surface area contributed by atoms with Gasteiger partial charge in [0.15, 0.2) is 0 Å². The third-order valence-corrected chi connectivity index (χ3v) is 2.89. The average Bonchev–Trinajstić information content (AvgIpc) is 2.51. The van der Waals surface area contributed by atoms with Gasteiger partial charge >= 0.3 is 5.97 Å². The minimum absolute atomic E-state index is 0.442. The molecule has 0 aliphatic heterocycles. The van der Waals surface area contributed by atoms with Crippen LogP contribution in [0.2, 0.25) is 0 Å². The van der Waals surface area contributed by atoms with Crippen molar-refractivity contribution in [3.05, 3.63) is 12.2 Å². The number of rotatable bonds is 5. The first-order valence-electron chi connectivity index (χ1n) is 5.23. The fourth-order valence-corrected chi connectivity index (χ4v) is 2.02. The van der Waals surface area contributed by atoms with Crippen LogP contribution in [0.1, 0.15) is 32.6 Å². The van der Waals surface area contributed by atoms with Crippen LogP contribution in [-0.4, -0.2) is 24.2 Å². The molecule has 0 amide bonds. The van der Waals surface area contributed by atoms with Crippen molar-refractivity contribution in [1.29, 1.82) is 0 Å². The second-order valence-corrected chi connectivity index (χ2v) is 4.39. The van der Waals surface area contributed by atoms with E-state index in [0.717, 1.165) is 6.54 Å². The first kappa shape index (κ1) is 11.2. The van der Waals surface area contributed by atoms with Gasteiger partial charge in [-0.25, -0.2) is 4.79 Å². The summed E-state index contributed by atoms with van der Waals surface area (Å²) in [6.45, 7) is 3.95. The van der Waals surface area contributed by atoms with Gasteiger partial charge in [-0.3, -0.25) is 0 Å². The zero-order valence-corrected chi connectivity index (χ0v) is 8.75. The van der Waals surface area contributed by atoms with Crippen molar-refractivity contribution in [2.45, 2.75) is 32.6 Å². The summed E-state index contributed by atoms with van der Waals surface area (Å²) < 4.78 is 0. The third kappa shape index (κ3) is 3.92. The Kier molecular flexibility index (Phi) is 4.14. The fraction of sp³-hybridized carbons (Fsp3) is 0.727. The number of carboxylic acid groups (broad SMARTS) is 1. The van der Waals surface area contributed by atoms with Gasteiger partial charge in [0, 0.05) is 19.2 Å². The first-order chi connectivity index (χ1) is 6.62. The summed E-state index contributed by atoms with van der Waals surface area (Å²) in [6, 6.07) is 0. The third-order valence-electron chi connectivity index (χ3n) is 2.89. The van der Waals surface area contributed by atoms with Crippen LogP contribution in [-0.2, 0) is 4.79 Å². The summed E-state index contributed by atoms with van der Waals surface area (Å²) in [4.78, 5) is 10.2. The quantitative estimate of drug-likeness (QED) is 0.522. The molecule has 0 atom stereocenters. The molecule has 1 saturated carbocycles. The first-order valence-corrected chi connectivity index (χ1v) is 5.23. The van der Waals surface area contributed by atoms with Crippen molar-refractivity contribution in [3.8, 4) is 0 Å². The maximum absolute atomic E-state index is 10.2. The Morgan fingerprint density at radius 1 is 1.50 bits per heavy atom. The molecular weight excluding hydrogens is 178 g/mol. The largest absolute Gasteiger partial charge is 0.478 e. The zero-order valence-electron chi connectivity index (χ0n) is 8.75. The Labute approximate surface area is 85.2 Å². The molecule has 0 unspecified atom stereocenters.